The fourth-order valence-electron chi connectivity index (χ4n) is 4.18. The molecule has 2 fully saturated rings. The Bertz CT molecular complexity index is 614. The lowest BCUT2D eigenvalue weighted by Crippen LogP contribution is -2.38. The van der Waals surface area contributed by atoms with E-state index in [0.717, 1.165) is 91.6 Å². The van der Waals surface area contributed by atoms with E-state index in [0.29, 0.717) is 24.6 Å². The van der Waals surface area contributed by atoms with Gasteiger partial charge in [0.1, 0.15) is 36.9 Å². The zero-order valence-electron chi connectivity index (χ0n) is 21.6. The average Bonchev–Trinajstić information content (AvgIpc) is 2.92. The lowest BCUT2D eigenvalue weighted by atomic mass is 10.3. The summed E-state index contributed by atoms with van der Waals surface area (Å²) in [5.41, 5.74) is 0. The van der Waals surface area contributed by atoms with Crippen molar-refractivity contribution in [2.24, 2.45) is 0 Å². The molecular weight excluding hydrogens is 464 g/mol. The van der Waals surface area contributed by atoms with Crippen molar-refractivity contribution >= 4 is 0 Å². The SMILES string of the molecule is OC(CNCCCN1CCOCC1)COc1ccc(OCC(O)CNCCCN2CCOCC2)cc1. The summed E-state index contributed by atoms with van der Waals surface area (Å²) < 4.78 is 22.1. The van der Waals surface area contributed by atoms with Crippen LogP contribution >= 0.6 is 0 Å². The number of nitrogens with one attached hydrogen (secondary N) is 2. The summed E-state index contributed by atoms with van der Waals surface area (Å²) in [6.07, 6.45) is 0.963. The van der Waals surface area contributed by atoms with Crippen LogP contribution in [0.25, 0.3) is 0 Å². The highest BCUT2D eigenvalue weighted by Crippen LogP contribution is 2.18. The van der Waals surface area contributed by atoms with E-state index >= 15 is 0 Å². The smallest absolute Gasteiger partial charge is 0.119 e. The number of hydrogen-bond donors (Lipinski definition) is 4. The summed E-state index contributed by atoms with van der Waals surface area (Å²) in [6, 6.07) is 7.25. The minimum absolute atomic E-state index is 0.229. The highest BCUT2D eigenvalue weighted by molar-refractivity contribution is 5.31. The zero-order chi connectivity index (χ0) is 25.3. The lowest BCUT2D eigenvalue weighted by Gasteiger charge is -2.26. The van der Waals surface area contributed by atoms with Crippen molar-refractivity contribution < 1.29 is 29.2 Å². The normalized spacial score (nSPS) is 19.2. The topological polar surface area (TPSA) is 108 Å². The molecule has 1 aromatic rings. The summed E-state index contributed by atoms with van der Waals surface area (Å²) in [5.74, 6) is 1.35. The van der Waals surface area contributed by atoms with Crippen LogP contribution in [0.4, 0.5) is 0 Å². The number of benzene rings is 1. The summed E-state index contributed by atoms with van der Waals surface area (Å²) in [6.45, 7) is 12.7. The molecular formula is C26H46N4O6. The Labute approximate surface area is 215 Å². The van der Waals surface area contributed by atoms with Crippen molar-refractivity contribution in [1.82, 2.24) is 20.4 Å². The molecule has 36 heavy (non-hydrogen) atoms. The number of ether oxygens (including phenoxy) is 4. The fourth-order valence-corrected chi connectivity index (χ4v) is 4.18. The second kappa shape index (κ2) is 17.9. The first-order chi connectivity index (χ1) is 17.7. The first-order valence-electron chi connectivity index (χ1n) is 13.4. The molecule has 2 aliphatic rings. The number of hydrogen-bond acceptors (Lipinski definition) is 10. The van der Waals surface area contributed by atoms with Gasteiger partial charge in [-0.3, -0.25) is 9.80 Å². The van der Waals surface area contributed by atoms with Gasteiger partial charge in [0, 0.05) is 39.3 Å². The fraction of sp³-hybridized carbons (Fsp3) is 0.769. The van der Waals surface area contributed by atoms with Gasteiger partial charge in [0.15, 0.2) is 0 Å². The van der Waals surface area contributed by atoms with Crippen LogP contribution < -0.4 is 20.1 Å². The maximum absolute atomic E-state index is 10.1. The van der Waals surface area contributed by atoms with Crippen LogP contribution in [0.3, 0.4) is 0 Å². The third-order valence-corrected chi connectivity index (χ3v) is 6.33. The molecule has 4 N–H and O–H groups in total. The molecule has 0 bridgehead atoms. The molecule has 2 unspecified atom stereocenters. The van der Waals surface area contributed by atoms with Crippen molar-refractivity contribution in [2.75, 3.05) is 105 Å². The third kappa shape index (κ3) is 12.6. The van der Waals surface area contributed by atoms with E-state index < -0.39 is 12.2 Å². The molecule has 206 valence electrons. The summed E-state index contributed by atoms with van der Waals surface area (Å²) in [5, 5.41) is 26.9. The second-order valence-corrected chi connectivity index (χ2v) is 9.42. The lowest BCUT2D eigenvalue weighted by molar-refractivity contribution is 0.0372. The molecule has 0 saturated carbocycles. The van der Waals surface area contributed by atoms with Crippen molar-refractivity contribution in [3.05, 3.63) is 24.3 Å². The second-order valence-electron chi connectivity index (χ2n) is 9.42. The van der Waals surface area contributed by atoms with Gasteiger partial charge in [-0.2, -0.15) is 0 Å². The van der Waals surface area contributed by atoms with Crippen molar-refractivity contribution in [3.63, 3.8) is 0 Å². The Morgan fingerprint density at radius 1 is 0.694 bits per heavy atom. The van der Waals surface area contributed by atoms with E-state index in [1.807, 2.05) is 24.3 Å². The van der Waals surface area contributed by atoms with E-state index in [9.17, 15) is 10.2 Å². The van der Waals surface area contributed by atoms with E-state index in [2.05, 4.69) is 20.4 Å². The molecule has 0 spiro atoms. The van der Waals surface area contributed by atoms with Crippen LogP contribution in [-0.4, -0.2) is 137 Å². The highest BCUT2D eigenvalue weighted by Gasteiger charge is 2.11. The van der Waals surface area contributed by atoms with Gasteiger partial charge in [-0.15, -0.1) is 0 Å². The first-order valence-corrected chi connectivity index (χ1v) is 13.4. The largest absolute Gasteiger partial charge is 0.491 e. The molecule has 1 aromatic carbocycles. The molecule has 2 atom stereocenters. The molecule has 0 aliphatic carbocycles. The molecule has 2 heterocycles. The molecule has 10 nitrogen and oxygen atoms in total. The summed E-state index contributed by atoms with van der Waals surface area (Å²) in [7, 11) is 0. The molecule has 2 saturated heterocycles. The van der Waals surface area contributed by atoms with E-state index in [1.54, 1.807) is 0 Å². The van der Waals surface area contributed by atoms with Gasteiger partial charge < -0.3 is 39.8 Å². The van der Waals surface area contributed by atoms with Crippen molar-refractivity contribution in [1.29, 1.82) is 0 Å². The van der Waals surface area contributed by atoms with Gasteiger partial charge in [-0.1, -0.05) is 0 Å². The van der Waals surface area contributed by atoms with Crippen LogP contribution in [0.2, 0.25) is 0 Å². The number of rotatable bonds is 18. The monoisotopic (exact) mass is 510 g/mol. The van der Waals surface area contributed by atoms with Crippen molar-refractivity contribution in [3.8, 4) is 11.5 Å². The van der Waals surface area contributed by atoms with E-state index in [4.69, 9.17) is 18.9 Å². The average molecular weight is 511 g/mol. The maximum Gasteiger partial charge on any atom is 0.119 e. The van der Waals surface area contributed by atoms with Gasteiger partial charge in [-0.05, 0) is 63.3 Å². The Morgan fingerprint density at radius 3 is 1.47 bits per heavy atom. The number of morpholine rings is 2. The van der Waals surface area contributed by atoms with Gasteiger partial charge in [0.2, 0.25) is 0 Å². The highest BCUT2D eigenvalue weighted by atomic mass is 16.5. The predicted octanol–water partition coefficient (Wildman–Crippen LogP) is -0.210. The Morgan fingerprint density at radius 2 is 1.08 bits per heavy atom. The minimum atomic E-state index is -0.569. The Hall–Kier alpha value is -1.50. The van der Waals surface area contributed by atoms with Crippen LogP contribution in [0, 0.1) is 0 Å². The summed E-state index contributed by atoms with van der Waals surface area (Å²) in [4.78, 5) is 4.81. The van der Waals surface area contributed by atoms with Crippen LogP contribution in [0.1, 0.15) is 12.8 Å². The standard InChI is InChI=1S/C26H46N4O6/c31-23(19-27-7-1-9-29-11-15-33-16-12-29)21-35-25-3-5-26(6-4-25)36-22-24(32)20-28-8-2-10-30-13-17-34-18-14-30/h3-6,23-24,27-28,31-32H,1-2,7-22H2. The number of aliphatic hydroxyl groups excluding tert-OH is 2. The van der Waals surface area contributed by atoms with Gasteiger partial charge in [-0.25, -0.2) is 0 Å². The third-order valence-electron chi connectivity index (χ3n) is 6.33. The molecule has 0 amide bonds. The van der Waals surface area contributed by atoms with Crippen LogP contribution in [0.5, 0.6) is 11.5 Å². The van der Waals surface area contributed by atoms with Gasteiger partial charge in [0.25, 0.3) is 0 Å². The molecule has 10 heteroatoms. The number of nitrogens with zero attached hydrogens (tertiary/aromatic N) is 2. The molecule has 0 aromatic heterocycles. The summed E-state index contributed by atoms with van der Waals surface area (Å²) >= 11 is 0. The first kappa shape index (κ1) is 29.1. The van der Waals surface area contributed by atoms with E-state index in [-0.39, 0.29) is 13.2 Å². The molecule has 3 rings (SSSR count). The Balaban J connectivity index is 1.16. The maximum atomic E-state index is 10.1. The van der Waals surface area contributed by atoms with Crippen LogP contribution in [-0.2, 0) is 9.47 Å². The zero-order valence-corrected chi connectivity index (χ0v) is 21.6. The van der Waals surface area contributed by atoms with Crippen LogP contribution in [0.15, 0.2) is 24.3 Å². The van der Waals surface area contributed by atoms with E-state index in [1.165, 1.54) is 0 Å². The van der Waals surface area contributed by atoms with Gasteiger partial charge >= 0.3 is 0 Å². The minimum Gasteiger partial charge on any atom is -0.491 e. The quantitative estimate of drug-likeness (QED) is 0.198. The molecule has 0 radical (unpaired) electrons. The Kier molecular flexibility index (Phi) is 14.4. The predicted molar refractivity (Wildman–Crippen MR) is 139 cm³/mol. The number of aliphatic hydroxyl groups is 2. The van der Waals surface area contributed by atoms with Gasteiger partial charge in [0.05, 0.1) is 26.4 Å². The molecule has 2 aliphatic heterocycles. The van der Waals surface area contributed by atoms with Crippen molar-refractivity contribution in [2.45, 2.75) is 25.0 Å².